The van der Waals surface area contributed by atoms with Crippen LogP contribution in [0.25, 0.3) is 0 Å². The fraction of sp³-hybridized carbons (Fsp3) is 0.875. The van der Waals surface area contributed by atoms with Gasteiger partial charge in [0.2, 0.25) is 5.91 Å². The van der Waals surface area contributed by atoms with Crippen LogP contribution in [0.1, 0.15) is 6.92 Å². The van der Waals surface area contributed by atoms with E-state index in [-0.39, 0.29) is 5.06 Å². The molecule has 0 unspecified atom stereocenters. The zero-order chi connectivity index (χ0) is 12.5. The zero-order valence-electron chi connectivity index (χ0n) is 8.59. The Hall–Kier alpha value is -0.770. The molecule has 16 heavy (non-hydrogen) atoms. The van der Waals surface area contributed by atoms with Gasteiger partial charge in [0, 0.05) is 6.92 Å². The third-order valence-corrected chi connectivity index (χ3v) is 2.43. The summed E-state index contributed by atoms with van der Waals surface area (Å²) in [5, 5.41) is 46.4. The van der Waals surface area contributed by atoms with Crippen LogP contribution in [0, 0.1) is 0 Å². The molecular weight excluding hydrogens is 222 g/mol. The molecule has 8 nitrogen and oxygen atoms in total. The van der Waals surface area contributed by atoms with E-state index in [9.17, 15) is 25.3 Å². The van der Waals surface area contributed by atoms with Crippen LogP contribution < -0.4 is 0 Å². The third kappa shape index (κ3) is 2.32. The molecule has 0 radical (unpaired) electrons. The number of aliphatic hydroxyl groups is 4. The molecule has 1 fully saturated rings. The second kappa shape index (κ2) is 5.04. The summed E-state index contributed by atoms with van der Waals surface area (Å²) in [6, 6.07) is 0. The van der Waals surface area contributed by atoms with Crippen LogP contribution in [0.5, 0.6) is 0 Å². The lowest BCUT2D eigenvalue weighted by molar-refractivity contribution is -0.308. The normalized spacial score (nSPS) is 39.5. The minimum atomic E-state index is -1.66. The minimum absolute atomic E-state index is 0.0996. The van der Waals surface area contributed by atoms with E-state index >= 15 is 0 Å². The lowest BCUT2D eigenvalue weighted by Gasteiger charge is -2.41. The van der Waals surface area contributed by atoms with Crippen LogP contribution in [0.2, 0.25) is 0 Å². The average Bonchev–Trinajstić information content (AvgIpc) is 2.25. The maximum absolute atomic E-state index is 10.8. The molecule has 1 saturated heterocycles. The fourth-order valence-electron chi connectivity index (χ4n) is 1.46. The van der Waals surface area contributed by atoms with Gasteiger partial charge in [-0.1, -0.05) is 0 Å². The first-order chi connectivity index (χ1) is 7.40. The first-order valence-electron chi connectivity index (χ1n) is 4.69. The van der Waals surface area contributed by atoms with E-state index in [1.807, 2.05) is 0 Å². The Morgan fingerprint density at radius 2 is 1.81 bits per heavy atom. The van der Waals surface area contributed by atoms with Crippen LogP contribution in [0.3, 0.4) is 0 Å². The molecule has 5 atom stereocenters. The Morgan fingerprint density at radius 1 is 1.25 bits per heavy atom. The quantitative estimate of drug-likeness (QED) is 0.256. The summed E-state index contributed by atoms with van der Waals surface area (Å²) in [6.45, 7) is 0.411. The van der Waals surface area contributed by atoms with Gasteiger partial charge in [0.15, 0.2) is 6.23 Å². The highest BCUT2D eigenvalue weighted by Crippen LogP contribution is 2.22. The van der Waals surface area contributed by atoms with E-state index in [1.54, 1.807) is 0 Å². The van der Waals surface area contributed by atoms with Gasteiger partial charge >= 0.3 is 0 Å². The maximum Gasteiger partial charge on any atom is 0.245 e. The maximum atomic E-state index is 10.8. The van der Waals surface area contributed by atoms with Crippen molar-refractivity contribution < 1.29 is 35.2 Å². The highest BCUT2D eigenvalue weighted by atomic mass is 16.6. The number of aliphatic hydroxyl groups excluding tert-OH is 4. The molecule has 0 spiro atoms. The van der Waals surface area contributed by atoms with Crippen molar-refractivity contribution >= 4 is 5.91 Å². The van der Waals surface area contributed by atoms with Gasteiger partial charge in [-0.05, 0) is 0 Å². The van der Waals surface area contributed by atoms with Gasteiger partial charge < -0.3 is 25.2 Å². The van der Waals surface area contributed by atoms with Gasteiger partial charge in [-0.15, -0.1) is 0 Å². The third-order valence-electron chi connectivity index (χ3n) is 2.43. The number of hydroxylamine groups is 2. The Labute approximate surface area is 91.2 Å². The predicted octanol–water partition coefficient (Wildman–Crippen LogP) is -2.98. The van der Waals surface area contributed by atoms with Gasteiger partial charge in [0.1, 0.15) is 24.4 Å². The topological polar surface area (TPSA) is 131 Å². The van der Waals surface area contributed by atoms with E-state index in [4.69, 9.17) is 9.84 Å². The summed E-state index contributed by atoms with van der Waals surface area (Å²) in [5.41, 5.74) is 0. The van der Waals surface area contributed by atoms with Crippen LogP contribution >= 0.6 is 0 Å². The molecule has 8 heteroatoms. The summed E-state index contributed by atoms with van der Waals surface area (Å²) >= 11 is 0. The average molecular weight is 237 g/mol. The van der Waals surface area contributed by atoms with Gasteiger partial charge in [-0.3, -0.25) is 10.0 Å². The van der Waals surface area contributed by atoms with Crippen molar-refractivity contribution in [2.45, 2.75) is 37.6 Å². The molecule has 1 amide bonds. The molecule has 0 saturated carbocycles. The van der Waals surface area contributed by atoms with Crippen molar-refractivity contribution in [1.82, 2.24) is 5.06 Å². The molecule has 1 rings (SSSR count). The number of carbonyl (C=O) groups excluding carboxylic acids is 1. The lowest BCUT2D eigenvalue weighted by atomic mass is 9.98. The summed E-state index contributed by atoms with van der Waals surface area (Å²) in [5.74, 6) is -0.802. The van der Waals surface area contributed by atoms with E-state index in [0.29, 0.717) is 0 Å². The van der Waals surface area contributed by atoms with Crippen LogP contribution in [0.15, 0.2) is 0 Å². The number of ether oxygens (including phenoxy) is 1. The molecule has 0 aromatic carbocycles. The van der Waals surface area contributed by atoms with Crippen molar-refractivity contribution in [1.29, 1.82) is 0 Å². The molecule has 94 valence electrons. The molecule has 0 aromatic heterocycles. The van der Waals surface area contributed by atoms with Crippen LogP contribution in [0.4, 0.5) is 0 Å². The van der Waals surface area contributed by atoms with Gasteiger partial charge in [0.05, 0.1) is 6.61 Å². The number of hydrogen-bond donors (Lipinski definition) is 5. The van der Waals surface area contributed by atoms with Crippen LogP contribution in [-0.4, -0.2) is 73.9 Å². The molecule has 1 heterocycles. The first-order valence-corrected chi connectivity index (χ1v) is 4.69. The van der Waals surface area contributed by atoms with Gasteiger partial charge in [-0.25, -0.2) is 0 Å². The van der Waals surface area contributed by atoms with E-state index in [1.165, 1.54) is 0 Å². The second-order valence-corrected chi connectivity index (χ2v) is 3.58. The SMILES string of the molecule is CC(=O)N(O)[C@@H]1O[C@H](CO)[C@@H](O)[C@H](O)[C@H]1O. The molecule has 0 aromatic rings. The monoisotopic (exact) mass is 237 g/mol. The Balaban J connectivity index is 2.82. The molecule has 1 aliphatic heterocycles. The smallest absolute Gasteiger partial charge is 0.245 e. The molecule has 5 N–H and O–H groups in total. The van der Waals surface area contributed by atoms with Gasteiger partial charge in [0.25, 0.3) is 0 Å². The number of carbonyl (C=O) groups is 1. The van der Waals surface area contributed by atoms with E-state index in [2.05, 4.69) is 0 Å². The molecule has 1 aliphatic rings. The zero-order valence-corrected chi connectivity index (χ0v) is 8.59. The Bertz CT molecular complexity index is 259. The minimum Gasteiger partial charge on any atom is -0.394 e. The van der Waals surface area contributed by atoms with Crippen molar-refractivity contribution in [2.24, 2.45) is 0 Å². The summed E-state index contributed by atoms with van der Waals surface area (Å²) in [4.78, 5) is 10.8. The number of rotatable bonds is 2. The standard InChI is InChI=1S/C8H15NO7/c1-3(11)9(15)8-7(14)6(13)5(12)4(2-10)16-8/h4-8,10,12-15H,2H2,1H3/t4-,5-,6+,7-,8-/m1/s1. The van der Waals surface area contributed by atoms with Crippen molar-refractivity contribution in [2.75, 3.05) is 6.61 Å². The predicted molar refractivity (Wildman–Crippen MR) is 48.1 cm³/mol. The molecule has 0 aliphatic carbocycles. The summed E-state index contributed by atoms with van der Waals surface area (Å²) in [7, 11) is 0. The van der Waals surface area contributed by atoms with Crippen molar-refractivity contribution in [3.8, 4) is 0 Å². The molecular formula is C8H15NO7. The van der Waals surface area contributed by atoms with E-state index in [0.717, 1.165) is 6.92 Å². The van der Waals surface area contributed by atoms with Crippen LogP contribution in [-0.2, 0) is 9.53 Å². The van der Waals surface area contributed by atoms with Crippen molar-refractivity contribution in [3.63, 3.8) is 0 Å². The second-order valence-electron chi connectivity index (χ2n) is 3.58. The Kier molecular flexibility index (Phi) is 4.19. The Morgan fingerprint density at radius 3 is 2.25 bits per heavy atom. The van der Waals surface area contributed by atoms with Crippen molar-refractivity contribution in [3.05, 3.63) is 0 Å². The summed E-state index contributed by atoms with van der Waals surface area (Å²) in [6.07, 6.45) is -7.47. The highest BCUT2D eigenvalue weighted by Gasteiger charge is 2.46. The number of hydrogen-bond acceptors (Lipinski definition) is 7. The lowest BCUT2D eigenvalue weighted by Crippen LogP contribution is -2.63. The van der Waals surface area contributed by atoms with E-state index < -0.39 is 43.2 Å². The fourth-order valence-corrected chi connectivity index (χ4v) is 1.46. The number of amides is 1. The highest BCUT2D eigenvalue weighted by molar-refractivity contribution is 5.72. The van der Waals surface area contributed by atoms with Gasteiger partial charge in [-0.2, -0.15) is 5.06 Å². The summed E-state index contributed by atoms with van der Waals surface area (Å²) < 4.78 is 4.90. The molecule has 0 bridgehead atoms. The largest absolute Gasteiger partial charge is 0.394 e. The first kappa shape index (κ1) is 13.3. The number of nitrogens with zero attached hydrogens (tertiary/aromatic N) is 1.